The lowest BCUT2D eigenvalue weighted by molar-refractivity contribution is -0.136. The van der Waals surface area contributed by atoms with Crippen molar-refractivity contribution < 1.29 is 31.8 Å². The summed E-state index contributed by atoms with van der Waals surface area (Å²) < 4.78 is 68.3. The monoisotopic (exact) mass is 559 g/mol. The summed E-state index contributed by atoms with van der Waals surface area (Å²) >= 11 is 0. The second-order valence-corrected chi connectivity index (χ2v) is 9.43. The number of benzene rings is 4. The molecule has 0 aliphatic heterocycles. The molecule has 4 nitrogen and oxygen atoms in total. The number of ether oxygens (including phenoxy) is 2. The summed E-state index contributed by atoms with van der Waals surface area (Å²) in [6, 6.07) is 22.3. The Balaban J connectivity index is 1.59. The highest BCUT2D eigenvalue weighted by Gasteiger charge is 2.34. The van der Waals surface area contributed by atoms with Crippen molar-refractivity contribution in [1.29, 1.82) is 0 Å². The van der Waals surface area contributed by atoms with E-state index >= 15 is 4.39 Å². The summed E-state index contributed by atoms with van der Waals surface area (Å²) in [4.78, 5) is 15.6. The Morgan fingerprint density at radius 3 is 2.39 bits per heavy atom. The molecule has 0 aliphatic rings. The van der Waals surface area contributed by atoms with Crippen molar-refractivity contribution in [1.82, 2.24) is 4.98 Å². The fourth-order valence-electron chi connectivity index (χ4n) is 4.78. The number of nitrogens with zero attached hydrogens (tertiary/aromatic N) is 1. The molecule has 0 atom stereocenters. The van der Waals surface area contributed by atoms with E-state index in [9.17, 15) is 18.0 Å². The van der Waals surface area contributed by atoms with Gasteiger partial charge in [0.2, 0.25) is 0 Å². The first-order chi connectivity index (χ1) is 19.7. The van der Waals surface area contributed by atoms with Gasteiger partial charge in [0.1, 0.15) is 23.9 Å². The number of para-hydroxylation sites is 1. The molecular formula is C33H25F4NO3. The van der Waals surface area contributed by atoms with Gasteiger partial charge in [0.15, 0.2) is 0 Å². The van der Waals surface area contributed by atoms with Gasteiger partial charge >= 0.3 is 12.1 Å². The molecule has 0 spiro atoms. The van der Waals surface area contributed by atoms with Crippen molar-refractivity contribution in [2.45, 2.75) is 33.1 Å². The number of halogens is 4. The average molecular weight is 560 g/mol. The standard InChI is InChI=1S/C33H25F4NO3/c1-3-22-16-21(12-15-30(22)41-20(2)39)19-40-24-13-14-29(34)26(17-24)31-25-10-7-11-28(33(35,36)37)32(25)38-18-27(31)23-8-5-4-6-9-23/h4-18H,3,19H2,1-2H3. The lowest BCUT2D eigenvalue weighted by Gasteiger charge is -2.18. The number of hydrogen-bond donors (Lipinski definition) is 0. The summed E-state index contributed by atoms with van der Waals surface area (Å²) in [5, 5.41) is 0.172. The van der Waals surface area contributed by atoms with Gasteiger partial charge in [-0.3, -0.25) is 9.78 Å². The molecule has 0 N–H and O–H groups in total. The van der Waals surface area contributed by atoms with E-state index in [-0.39, 0.29) is 28.6 Å². The normalized spacial score (nSPS) is 11.5. The fraction of sp³-hybridized carbons (Fsp3) is 0.152. The molecule has 0 bridgehead atoms. The molecule has 8 heteroatoms. The Hall–Kier alpha value is -4.72. The maximum atomic E-state index is 15.5. The van der Waals surface area contributed by atoms with Crippen LogP contribution in [0.3, 0.4) is 0 Å². The molecule has 1 aromatic heterocycles. The third-order valence-electron chi connectivity index (χ3n) is 6.66. The Labute approximate surface area is 234 Å². The predicted octanol–water partition coefficient (Wildman–Crippen LogP) is 8.79. The molecule has 208 valence electrons. The van der Waals surface area contributed by atoms with Crippen LogP contribution in [0.2, 0.25) is 0 Å². The molecule has 0 unspecified atom stereocenters. The van der Waals surface area contributed by atoms with Crippen LogP contribution in [0.1, 0.15) is 30.5 Å². The summed E-state index contributed by atoms with van der Waals surface area (Å²) in [5.74, 6) is -0.217. The summed E-state index contributed by atoms with van der Waals surface area (Å²) in [6.45, 7) is 3.41. The Morgan fingerprint density at radius 2 is 1.68 bits per heavy atom. The van der Waals surface area contributed by atoms with Crippen LogP contribution in [0, 0.1) is 5.82 Å². The smallest absolute Gasteiger partial charge is 0.418 e. The van der Waals surface area contributed by atoms with Crippen molar-refractivity contribution in [2.75, 3.05) is 0 Å². The van der Waals surface area contributed by atoms with Crippen molar-refractivity contribution in [2.24, 2.45) is 0 Å². The highest BCUT2D eigenvalue weighted by atomic mass is 19.4. The summed E-state index contributed by atoms with van der Waals surface area (Å²) in [7, 11) is 0. The van der Waals surface area contributed by atoms with E-state index in [1.807, 2.05) is 19.1 Å². The van der Waals surface area contributed by atoms with Crippen LogP contribution >= 0.6 is 0 Å². The number of alkyl halides is 3. The number of pyridine rings is 1. The second kappa shape index (κ2) is 11.4. The van der Waals surface area contributed by atoms with E-state index in [1.165, 1.54) is 43.5 Å². The molecule has 0 saturated heterocycles. The third kappa shape index (κ3) is 5.91. The summed E-state index contributed by atoms with van der Waals surface area (Å²) in [6.07, 6.45) is -2.65. The van der Waals surface area contributed by atoms with Crippen molar-refractivity contribution in [3.8, 4) is 33.8 Å². The first-order valence-electron chi connectivity index (χ1n) is 12.9. The van der Waals surface area contributed by atoms with Crippen LogP contribution in [0.5, 0.6) is 11.5 Å². The molecule has 4 aromatic carbocycles. The Kier molecular flexibility index (Phi) is 7.75. The molecule has 1 heterocycles. The van der Waals surface area contributed by atoms with Gasteiger partial charge in [0, 0.05) is 35.2 Å². The highest BCUT2D eigenvalue weighted by Crippen LogP contribution is 2.43. The lowest BCUT2D eigenvalue weighted by Crippen LogP contribution is -2.07. The predicted molar refractivity (Wildman–Crippen MR) is 149 cm³/mol. The van der Waals surface area contributed by atoms with Crippen molar-refractivity contribution in [3.05, 3.63) is 114 Å². The number of rotatable bonds is 7. The largest absolute Gasteiger partial charge is 0.489 e. The zero-order valence-electron chi connectivity index (χ0n) is 22.3. The fourth-order valence-corrected chi connectivity index (χ4v) is 4.78. The number of carbonyl (C=O) groups excluding carboxylic acids is 1. The van der Waals surface area contributed by atoms with Gasteiger partial charge in [-0.05, 0) is 59.5 Å². The molecule has 0 amide bonds. The first-order valence-corrected chi connectivity index (χ1v) is 12.9. The van der Waals surface area contributed by atoms with Gasteiger partial charge in [-0.15, -0.1) is 0 Å². The van der Waals surface area contributed by atoms with E-state index in [1.54, 1.807) is 36.4 Å². The minimum Gasteiger partial charge on any atom is -0.489 e. The molecule has 5 aromatic rings. The molecule has 0 fully saturated rings. The average Bonchev–Trinajstić information content (AvgIpc) is 2.96. The van der Waals surface area contributed by atoms with Gasteiger partial charge in [-0.25, -0.2) is 4.39 Å². The molecule has 0 saturated carbocycles. The van der Waals surface area contributed by atoms with Crippen LogP contribution in [-0.2, 0) is 24.0 Å². The minimum atomic E-state index is -4.64. The van der Waals surface area contributed by atoms with Gasteiger partial charge in [-0.2, -0.15) is 13.2 Å². The zero-order valence-corrected chi connectivity index (χ0v) is 22.3. The van der Waals surface area contributed by atoms with Gasteiger partial charge in [-0.1, -0.05) is 55.5 Å². The number of aryl methyl sites for hydroxylation is 1. The van der Waals surface area contributed by atoms with E-state index in [4.69, 9.17) is 9.47 Å². The zero-order chi connectivity index (χ0) is 29.1. The van der Waals surface area contributed by atoms with E-state index in [2.05, 4.69) is 4.98 Å². The Bertz CT molecular complexity index is 1730. The van der Waals surface area contributed by atoms with Crippen molar-refractivity contribution in [3.63, 3.8) is 0 Å². The van der Waals surface area contributed by atoms with Gasteiger partial charge < -0.3 is 9.47 Å². The number of esters is 1. The number of fused-ring (bicyclic) bond motifs is 1. The van der Waals surface area contributed by atoms with Gasteiger partial charge in [0.05, 0.1) is 11.1 Å². The molecule has 0 aliphatic carbocycles. The van der Waals surface area contributed by atoms with Crippen molar-refractivity contribution >= 4 is 16.9 Å². The molecule has 0 radical (unpaired) electrons. The molecule has 41 heavy (non-hydrogen) atoms. The third-order valence-corrected chi connectivity index (χ3v) is 6.66. The number of aromatic nitrogens is 1. The Morgan fingerprint density at radius 1 is 0.902 bits per heavy atom. The topological polar surface area (TPSA) is 48.4 Å². The van der Waals surface area contributed by atoms with E-state index < -0.39 is 23.5 Å². The van der Waals surface area contributed by atoms with Crippen LogP contribution in [-0.4, -0.2) is 11.0 Å². The summed E-state index contributed by atoms with van der Waals surface area (Å²) in [5.41, 5.74) is 2.02. The van der Waals surface area contributed by atoms with Crippen LogP contribution in [0.4, 0.5) is 17.6 Å². The van der Waals surface area contributed by atoms with E-state index in [0.29, 0.717) is 29.0 Å². The molecular weight excluding hydrogens is 534 g/mol. The maximum Gasteiger partial charge on any atom is 0.418 e. The quantitative estimate of drug-likeness (QED) is 0.114. The maximum absolute atomic E-state index is 15.5. The molecule has 5 rings (SSSR count). The van der Waals surface area contributed by atoms with E-state index in [0.717, 1.165) is 17.2 Å². The minimum absolute atomic E-state index is 0.0903. The number of hydrogen-bond acceptors (Lipinski definition) is 4. The lowest BCUT2D eigenvalue weighted by atomic mass is 9.91. The van der Waals surface area contributed by atoms with Gasteiger partial charge in [0.25, 0.3) is 0 Å². The number of carbonyl (C=O) groups is 1. The van der Waals surface area contributed by atoms with Crippen LogP contribution < -0.4 is 9.47 Å². The van der Waals surface area contributed by atoms with Crippen LogP contribution in [0.15, 0.2) is 91.1 Å². The first kappa shape index (κ1) is 27.8. The second-order valence-electron chi connectivity index (χ2n) is 9.43. The SMILES string of the molecule is CCc1cc(COc2ccc(F)c(-c3c(-c4ccccc4)cnc4c(C(F)(F)F)cccc34)c2)ccc1OC(C)=O. The highest BCUT2D eigenvalue weighted by molar-refractivity contribution is 6.03. The van der Waals surface area contributed by atoms with Crippen LogP contribution in [0.25, 0.3) is 33.2 Å².